The van der Waals surface area contributed by atoms with Crippen LogP contribution >= 0.6 is 0 Å². The third kappa shape index (κ3) is 2.81. The number of nitrogens with zero attached hydrogens (tertiary/aromatic N) is 1. The van der Waals surface area contributed by atoms with E-state index < -0.39 is 5.97 Å². The standard InChI is InChI=1S/C18H15NO5/c1-22-15-9-7-13(11-16(15)23-2)18(20)24-17-10-8-12-5-3-4-6-14(12)19(17)21/h3-11H,1-2H3. The SMILES string of the molecule is COc1ccc(C(=O)Oc2ccc3ccccc3[n+]2[O-])cc1OC. The topological polar surface area (TPSA) is 71.7 Å². The average Bonchev–Trinajstić information content (AvgIpc) is 2.63. The Bertz CT molecular complexity index is 907. The maximum atomic E-state index is 12.3. The fourth-order valence-corrected chi connectivity index (χ4v) is 2.35. The van der Waals surface area contributed by atoms with Gasteiger partial charge in [-0.3, -0.25) is 0 Å². The molecule has 0 atom stereocenters. The number of ether oxygens (including phenoxy) is 3. The number of fused-ring (bicyclic) bond motifs is 1. The molecule has 0 bridgehead atoms. The van der Waals surface area contributed by atoms with Crippen molar-refractivity contribution in [1.82, 2.24) is 0 Å². The molecule has 0 unspecified atom stereocenters. The van der Waals surface area contributed by atoms with Gasteiger partial charge in [-0.1, -0.05) is 12.1 Å². The van der Waals surface area contributed by atoms with Gasteiger partial charge in [-0.25, -0.2) is 4.79 Å². The first-order valence-electron chi connectivity index (χ1n) is 7.19. The largest absolute Gasteiger partial charge is 0.616 e. The molecule has 0 spiro atoms. The molecule has 6 nitrogen and oxygen atoms in total. The minimum atomic E-state index is -0.657. The van der Waals surface area contributed by atoms with Crippen LogP contribution in [0.1, 0.15) is 10.4 Å². The third-order valence-corrected chi connectivity index (χ3v) is 3.58. The minimum Gasteiger partial charge on any atom is -0.616 e. The lowest BCUT2D eigenvalue weighted by molar-refractivity contribution is -0.582. The number of para-hydroxylation sites is 1. The van der Waals surface area contributed by atoms with Crippen molar-refractivity contribution in [2.45, 2.75) is 0 Å². The Hall–Kier alpha value is -3.28. The number of methoxy groups -OCH3 is 2. The highest BCUT2D eigenvalue weighted by molar-refractivity contribution is 5.91. The van der Waals surface area contributed by atoms with Crippen molar-refractivity contribution in [2.24, 2.45) is 0 Å². The smallest absolute Gasteiger partial charge is 0.387 e. The highest BCUT2D eigenvalue weighted by atomic mass is 16.6. The molecule has 0 amide bonds. The molecule has 3 rings (SSSR count). The van der Waals surface area contributed by atoms with E-state index in [2.05, 4.69) is 0 Å². The minimum absolute atomic E-state index is 0.0894. The van der Waals surface area contributed by atoms with Crippen LogP contribution in [0.25, 0.3) is 10.9 Å². The lowest BCUT2D eigenvalue weighted by Crippen LogP contribution is -2.31. The summed E-state index contributed by atoms with van der Waals surface area (Å²) in [5.74, 6) is 0.156. The Balaban J connectivity index is 1.91. The fourth-order valence-electron chi connectivity index (χ4n) is 2.35. The Morgan fingerprint density at radius 1 is 0.958 bits per heavy atom. The number of aromatic nitrogens is 1. The zero-order chi connectivity index (χ0) is 17.1. The second-order valence-electron chi connectivity index (χ2n) is 4.98. The first-order chi connectivity index (χ1) is 11.6. The first kappa shape index (κ1) is 15.6. The van der Waals surface area contributed by atoms with Crippen LogP contribution in [0.5, 0.6) is 17.4 Å². The summed E-state index contributed by atoms with van der Waals surface area (Å²) in [6.07, 6.45) is 0. The second kappa shape index (κ2) is 6.45. The molecule has 0 saturated carbocycles. The number of benzene rings is 2. The molecule has 0 fully saturated rings. The van der Waals surface area contributed by atoms with E-state index in [-0.39, 0.29) is 11.4 Å². The third-order valence-electron chi connectivity index (χ3n) is 3.58. The van der Waals surface area contributed by atoms with Crippen molar-refractivity contribution in [2.75, 3.05) is 14.2 Å². The Morgan fingerprint density at radius 3 is 2.46 bits per heavy atom. The Labute approximate surface area is 138 Å². The van der Waals surface area contributed by atoms with Crippen LogP contribution in [0.2, 0.25) is 0 Å². The van der Waals surface area contributed by atoms with Crippen LogP contribution in [0.15, 0.2) is 54.6 Å². The molecule has 0 aliphatic carbocycles. The van der Waals surface area contributed by atoms with Crippen molar-refractivity contribution in [1.29, 1.82) is 0 Å². The number of rotatable bonds is 4. The molecule has 0 radical (unpaired) electrons. The quantitative estimate of drug-likeness (QED) is 0.419. The van der Waals surface area contributed by atoms with Gasteiger partial charge in [0, 0.05) is 11.5 Å². The van der Waals surface area contributed by atoms with E-state index in [1.54, 1.807) is 30.3 Å². The van der Waals surface area contributed by atoms with Gasteiger partial charge >= 0.3 is 11.8 Å². The average molecular weight is 325 g/mol. The van der Waals surface area contributed by atoms with Crippen LogP contribution in [-0.2, 0) is 0 Å². The van der Waals surface area contributed by atoms with Crippen LogP contribution < -0.4 is 18.9 Å². The molecule has 24 heavy (non-hydrogen) atoms. The summed E-state index contributed by atoms with van der Waals surface area (Å²) in [4.78, 5) is 12.3. The predicted octanol–water partition coefficient (Wildman–Crippen LogP) is 2.71. The van der Waals surface area contributed by atoms with E-state index in [1.807, 2.05) is 12.1 Å². The number of carbonyl (C=O) groups excluding carboxylic acids is 1. The fraction of sp³-hybridized carbons (Fsp3) is 0.111. The van der Waals surface area contributed by atoms with Gasteiger partial charge in [0.25, 0.3) is 0 Å². The van der Waals surface area contributed by atoms with Crippen molar-refractivity contribution >= 4 is 16.9 Å². The van der Waals surface area contributed by atoms with Crippen LogP contribution in [0.4, 0.5) is 0 Å². The van der Waals surface area contributed by atoms with E-state index in [4.69, 9.17) is 14.2 Å². The van der Waals surface area contributed by atoms with E-state index in [1.165, 1.54) is 26.4 Å². The number of carbonyl (C=O) groups is 1. The molecule has 2 aromatic carbocycles. The van der Waals surface area contributed by atoms with Gasteiger partial charge in [0.05, 0.1) is 25.8 Å². The zero-order valence-electron chi connectivity index (χ0n) is 13.2. The normalized spacial score (nSPS) is 10.4. The van der Waals surface area contributed by atoms with E-state index >= 15 is 0 Å². The number of pyridine rings is 1. The molecule has 0 N–H and O–H groups in total. The van der Waals surface area contributed by atoms with Crippen molar-refractivity contribution in [3.05, 3.63) is 65.4 Å². The van der Waals surface area contributed by atoms with Gasteiger partial charge < -0.3 is 19.4 Å². The zero-order valence-corrected chi connectivity index (χ0v) is 13.2. The van der Waals surface area contributed by atoms with Crippen LogP contribution in [0.3, 0.4) is 0 Å². The molecule has 1 aromatic heterocycles. The summed E-state index contributed by atoms with van der Waals surface area (Å²) < 4.78 is 16.1. The molecule has 0 saturated heterocycles. The van der Waals surface area contributed by atoms with Crippen molar-refractivity contribution in [3.8, 4) is 17.4 Å². The summed E-state index contributed by atoms with van der Waals surface area (Å²) in [5.41, 5.74) is 0.677. The summed E-state index contributed by atoms with van der Waals surface area (Å²) in [6, 6.07) is 14.9. The van der Waals surface area contributed by atoms with Crippen LogP contribution in [0, 0.1) is 5.21 Å². The molecular weight excluding hydrogens is 310 g/mol. The number of hydrogen-bond donors (Lipinski definition) is 0. The highest BCUT2D eigenvalue weighted by Crippen LogP contribution is 2.28. The van der Waals surface area contributed by atoms with E-state index in [0.717, 1.165) is 5.39 Å². The Kier molecular flexibility index (Phi) is 4.20. The lowest BCUT2D eigenvalue weighted by atomic mass is 10.2. The van der Waals surface area contributed by atoms with Gasteiger partial charge in [0.1, 0.15) is 0 Å². The molecule has 1 heterocycles. The monoisotopic (exact) mass is 325 g/mol. The molecule has 3 aromatic rings. The van der Waals surface area contributed by atoms with Crippen molar-refractivity contribution < 1.29 is 23.7 Å². The number of hydrogen-bond acceptors (Lipinski definition) is 5. The van der Waals surface area contributed by atoms with Gasteiger partial charge in [-0.2, -0.15) is 0 Å². The van der Waals surface area contributed by atoms with Gasteiger partial charge in [-0.05, 0) is 30.3 Å². The molecule has 0 aliphatic rings. The summed E-state index contributed by atoms with van der Waals surface area (Å²) >= 11 is 0. The summed E-state index contributed by atoms with van der Waals surface area (Å²) in [6.45, 7) is 0. The molecule has 0 aliphatic heterocycles. The number of esters is 1. The lowest BCUT2D eigenvalue weighted by Gasteiger charge is -2.10. The predicted molar refractivity (Wildman–Crippen MR) is 87.4 cm³/mol. The molecule has 122 valence electrons. The maximum Gasteiger partial charge on any atom is 0.387 e. The Morgan fingerprint density at radius 2 is 1.71 bits per heavy atom. The first-order valence-corrected chi connectivity index (χ1v) is 7.19. The second-order valence-corrected chi connectivity index (χ2v) is 4.98. The maximum absolute atomic E-state index is 12.3. The van der Waals surface area contributed by atoms with Crippen LogP contribution in [-0.4, -0.2) is 20.2 Å². The van der Waals surface area contributed by atoms with Gasteiger partial charge in [0.15, 0.2) is 11.5 Å². The van der Waals surface area contributed by atoms with Gasteiger partial charge in [-0.15, -0.1) is 4.73 Å². The van der Waals surface area contributed by atoms with Gasteiger partial charge in [0.2, 0.25) is 5.52 Å². The molecule has 6 heteroatoms. The summed E-state index contributed by atoms with van der Waals surface area (Å²) in [7, 11) is 2.98. The van der Waals surface area contributed by atoms with E-state index in [0.29, 0.717) is 21.7 Å². The van der Waals surface area contributed by atoms with E-state index in [9.17, 15) is 10.0 Å². The highest BCUT2D eigenvalue weighted by Gasteiger charge is 2.18. The summed E-state index contributed by atoms with van der Waals surface area (Å²) in [5, 5.41) is 13.1. The van der Waals surface area contributed by atoms with Crippen molar-refractivity contribution in [3.63, 3.8) is 0 Å². The molecular formula is C18H15NO5.